The van der Waals surface area contributed by atoms with Gasteiger partial charge in [0.1, 0.15) is 5.82 Å². The van der Waals surface area contributed by atoms with E-state index >= 15 is 0 Å². The molecule has 1 aromatic rings. The Hall–Kier alpha value is -1.62. The summed E-state index contributed by atoms with van der Waals surface area (Å²) < 4.78 is 18.0. The van der Waals surface area contributed by atoms with E-state index in [1.54, 1.807) is 6.07 Å². The van der Waals surface area contributed by atoms with Crippen molar-refractivity contribution in [2.24, 2.45) is 0 Å². The van der Waals surface area contributed by atoms with Crippen LogP contribution in [-0.4, -0.2) is 32.2 Å². The molecule has 1 aromatic carbocycles. The standard InChI is InChI=1S/C13H17FN2O2/c1-18-13(17)11-7-9(4-5-12(11)14)16-10-3-2-6-15-8-10/h4-5,7,10,15-16H,2-3,6,8H2,1H3. The minimum atomic E-state index is -0.655. The molecule has 1 aliphatic heterocycles. The van der Waals surface area contributed by atoms with Crippen LogP contribution in [0.25, 0.3) is 0 Å². The number of benzene rings is 1. The van der Waals surface area contributed by atoms with Gasteiger partial charge in [-0.25, -0.2) is 9.18 Å². The molecule has 0 aliphatic carbocycles. The molecule has 18 heavy (non-hydrogen) atoms. The van der Waals surface area contributed by atoms with Crippen molar-refractivity contribution in [1.82, 2.24) is 5.32 Å². The van der Waals surface area contributed by atoms with Gasteiger partial charge >= 0.3 is 5.97 Å². The van der Waals surface area contributed by atoms with Crippen LogP contribution in [0.1, 0.15) is 23.2 Å². The van der Waals surface area contributed by atoms with Gasteiger partial charge in [0.25, 0.3) is 0 Å². The van der Waals surface area contributed by atoms with E-state index in [4.69, 9.17) is 0 Å². The van der Waals surface area contributed by atoms with Crippen molar-refractivity contribution in [3.63, 3.8) is 0 Å². The Kier molecular flexibility index (Phi) is 4.15. The Bertz CT molecular complexity index is 431. The third kappa shape index (κ3) is 2.98. The maximum absolute atomic E-state index is 13.4. The molecule has 1 fully saturated rings. The number of nitrogens with one attached hydrogen (secondary N) is 2. The highest BCUT2D eigenvalue weighted by Gasteiger charge is 2.16. The monoisotopic (exact) mass is 252 g/mol. The minimum absolute atomic E-state index is 0.0359. The topological polar surface area (TPSA) is 50.4 Å². The van der Waals surface area contributed by atoms with E-state index in [1.807, 2.05) is 0 Å². The molecule has 0 bridgehead atoms. The third-order valence-electron chi connectivity index (χ3n) is 3.04. The highest BCUT2D eigenvalue weighted by molar-refractivity contribution is 5.90. The van der Waals surface area contributed by atoms with Crippen LogP contribution in [-0.2, 0) is 4.74 Å². The first-order valence-corrected chi connectivity index (χ1v) is 6.06. The maximum atomic E-state index is 13.4. The summed E-state index contributed by atoms with van der Waals surface area (Å²) in [5.74, 6) is -1.22. The molecular weight excluding hydrogens is 235 g/mol. The number of rotatable bonds is 3. The van der Waals surface area contributed by atoms with Gasteiger partial charge in [-0.15, -0.1) is 0 Å². The van der Waals surface area contributed by atoms with Gasteiger partial charge in [-0.1, -0.05) is 0 Å². The van der Waals surface area contributed by atoms with Crippen LogP contribution in [0.5, 0.6) is 0 Å². The quantitative estimate of drug-likeness (QED) is 0.805. The van der Waals surface area contributed by atoms with Crippen LogP contribution < -0.4 is 10.6 Å². The molecule has 0 radical (unpaired) electrons. The van der Waals surface area contributed by atoms with Crippen molar-refractivity contribution in [3.8, 4) is 0 Å². The Morgan fingerprint density at radius 1 is 1.56 bits per heavy atom. The molecule has 0 aromatic heterocycles. The van der Waals surface area contributed by atoms with Crippen molar-refractivity contribution in [3.05, 3.63) is 29.6 Å². The normalized spacial score (nSPS) is 19.3. The fourth-order valence-electron chi connectivity index (χ4n) is 2.09. The summed E-state index contributed by atoms with van der Waals surface area (Å²) in [5.41, 5.74) is 0.705. The van der Waals surface area contributed by atoms with E-state index < -0.39 is 11.8 Å². The largest absolute Gasteiger partial charge is 0.465 e. The van der Waals surface area contributed by atoms with Crippen molar-refractivity contribution < 1.29 is 13.9 Å². The van der Waals surface area contributed by atoms with E-state index in [2.05, 4.69) is 15.4 Å². The SMILES string of the molecule is COC(=O)c1cc(NC2CCCNC2)ccc1F. The van der Waals surface area contributed by atoms with Crippen molar-refractivity contribution in [2.75, 3.05) is 25.5 Å². The summed E-state index contributed by atoms with van der Waals surface area (Å²) in [4.78, 5) is 11.4. The number of hydrogen-bond acceptors (Lipinski definition) is 4. The van der Waals surface area contributed by atoms with E-state index in [0.717, 1.165) is 31.6 Å². The second kappa shape index (κ2) is 5.82. The van der Waals surface area contributed by atoms with Crippen LogP contribution in [0.3, 0.4) is 0 Å². The molecule has 98 valence electrons. The molecular formula is C13H17FN2O2. The lowest BCUT2D eigenvalue weighted by molar-refractivity contribution is 0.0595. The Balaban J connectivity index is 2.11. The first kappa shape index (κ1) is 12.8. The summed E-state index contributed by atoms with van der Waals surface area (Å²) >= 11 is 0. The predicted octanol–water partition coefficient (Wildman–Crippen LogP) is 1.78. The third-order valence-corrected chi connectivity index (χ3v) is 3.04. The first-order valence-electron chi connectivity index (χ1n) is 6.06. The van der Waals surface area contributed by atoms with E-state index in [-0.39, 0.29) is 5.56 Å². The van der Waals surface area contributed by atoms with Crippen molar-refractivity contribution in [2.45, 2.75) is 18.9 Å². The summed E-state index contributed by atoms with van der Waals surface area (Å²) in [7, 11) is 1.24. The predicted molar refractivity (Wildman–Crippen MR) is 67.3 cm³/mol. The molecule has 1 atom stereocenters. The number of piperidine rings is 1. The van der Waals surface area contributed by atoms with Crippen LogP contribution in [0, 0.1) is 5.82 Å². The highest BCUT2D eigenvalue weighted by Crippen LogP contribution is 2.18. The second-order valence-corrected chi connectivity index (χ2v) is 4.37. The van der Waals surface area contributed by atoms with Crippen LogP contribution in [0.2, 0.25) is 0 Å². The maximum Gasteiger partial charge on any atom is 0.340 e. The zero-order valence-electron chi connectivity index (χ0n) is 10.3. The average molecular weight is 252 g/mol. The Morgan fingerprint density at radius 3 is 3.06 bits per heavy atom. The Morgan fingerprint density at radius 2 is 2.39 bits per heavy atom. The van der Waals surface area contributed by atoms with E-state index in [9.17, 15) is 9.18 Å². The summed E-state index contributed by atoms with van der Waals surface area (Å²) in [6.45, 7) is 1.92. The fraction of sp³-hybridized carbons (Fsp3) is 0.462. The molecule has 0 amide bonds. The van der Waals surface area contributed by atoms with Crippen LogP contribution in [0.4, 0.5) is 10.1 Å². The molecule has 1 unspecified atom stereocenters. The number of esters is 1. The van der Waals surface area contributed by atoms with Crippen LogP contribution >= 0.6 is 0 Å². The van der Waals surface area contributed by atoms with Gasteiger partial charge in [-0.05, 0) is 37.6 Å². The molecule has 4 nitrogen and oxygen atoms in total. The number of methoxy groups -OCH3 is 1. The van der Waals surface area contributed by atoms with E-state index in [0.29, 0.717) is 6.04 Å². The van der Waals surface area contributed by atoms with Crippen molar-refractivity contribution >= 4 is 11.7 Å². The van der Waals surface area contributed by atoms with E-state index in [1.165, 1.54) is 19.2 Å². The lowest BCUT2D eigenvalue weighted by Crippen LogP contribution is -2.38. The number of carbonyl (C=O) groups excluding carboxylic acids is 1. The number of hydrogen-bond donors (Lipinski definition) is 2. The zero-order chi connectivity index (χ0) is 13.0. The van der Waals surface area contributed by atoms with Gasteiger partial charge in [0.05, 0.1) is 12.7 Å². The zero-order valence-corrected chi connectivity index (χ0v) is 10.3. The Labute approximate surface area is 106 Å². The lowest BCUT2D eigenvalue weighted by Gasteiger charge is -2.25. The van der Waals surface area contributed by atoms with Gasteiger partial charge in [-0.3, -0.25) is 0 Å². The summed E-state index contributed by atoms with van der Waals surface area (Å²) in [5, 5.41) is 6.58. The molecule has 0 saturated carbocycles. The summed E-state index contributed by atoms with van der Waals surface area (Å²) in [6.07, 6.45) is 2.18. The van der Waals surface area contributed by atoms with Gasteiger partial charge in [0, 0.05) is 18.3 Å². The molecule has 1 heterocycles. The van der Waals surface area contributed by atoms with Gasteiger partial charge < -0.3 is 15.4 Å². The first-order chi connectivity index (χ1) is 8.70. The smallest absolute Gasteiger partial charge is 0.340 e. The molecule has 2 rings (SSSR count). The number of carbonyl (C=O) groups is 1. The van der Waals surface area contributed by atoms with Gasteiger partial charge in [0.2, 0.25) is 0 Å². The number of halogens is 1. The molecule has 2 N–H and O–H groups in total. The lowest BCUT2D eigenvalue weighted by atomic mass is 10.1. The molecule has 0 spiro atoms. The molecule has 1 aliphatic rings. The summed E-state index contributed by atoms with van der Waals surface area (Å²) in [6, 6.07) is 4.73. The van der Waals surface area contributed by atoms with Gasteiger partial charge in [0.15, 0.2) is 0 Å². The molecule has 5 heteroatoms. The minimum Gasteiger partial charge on any atom is -0.465 e. The number of anilines is 1. The second-order valence-electron chi connectivity index (χ2n) is 4.37. The number of ether oxygens (including phenoxy) is 1. The van der Waals surface area contributed by atoms with Crippen molar-refractivity contribution in [1.29, 1.82) is 0 Å². The van der Waals surface area contributed by atoms with Gasteiger partial charge in [-0.2, -0.15) is 0 Å². The molecule has 1 saturated heterocycles. The highest BCUT2D eigenvalue weighted by atomic mass is 19.1. The fourth-order valence-corrected chi connectivity index (χ4v) is 2.09. The average Bonchev–Trinajstić information content (AvgIpc) is 2.41. The van der Waals surface area contributed by atoms with Crippen LogP contribution in [0.15, 0.2) is 18.2 Å².